The average molecular weight is 451 g/mol. The fourth-order valence-electron chi connectivity index (χ4n) is 4.62. The van der Waals surface area contributed by atoms with Crippen LogP contribution in [-0.4, -0.2) is 42.3 Å². The Labute approximate surface area is 193 Å². The van der Waals surface area contributed by atoms with E-state index in [1.54, 1.807) is 0 Å². The minimum absolute atomic E-state index is 0.0411. The SMILES string of the molecule is CC(C)CC(NC(=O)OCC1c2ccccc2-c2ccccc21)C(=O)NC[C@@H]1C[C@@H]1C(=O)O. The molecule has 3 N–H and O–H groups in total. The first-order chi connectivity index (χ1) is 15.8. The van der Waals surface area contributed by atoms with Crippen molar-refractivity contribution in [1.29, 1.82) is 0 Å². The van der Waals surface area contributed by atoms with Crippen LogP contribution in [0, 0.1) is 17.8 Å². The van der Waals surface area contributed by atoms with E-state index in [2.05, 4.69) is 34.9 Å². The number of rotatable bonds is 9. The number of benzene rings is 2. The summed E-state index contributed by atoms with van der Waals surface area (Å²) in [5.41, 5.74) is 4.55. The zero-order valence-electron chi connectivity index (χ0n) is 18.9. The van der Waals surface area contributed by atoms with Crippen LogP contribution in [-0.2, 0) is 14.3 Å². The van der Waals surface area contributed by atoms with E-state index in [4.69, 9.17) is 9.84 Å². The van der Waals surface area contributed by atoms with Gasteiger partial charge >= 0.3 is 12.1 Å². The Hall–Kier alpha value is -3.35. The van der Waals surface area contributed by atoms with Crippen molar-refractivity contribution >= 4 is 18.0 Å². The molecule has 3 atom stereocenters. The van der Waals surface area contributed by atoms with Crippen LogP contribution in [0.5, 0.6) is 0 Å². The van der Waals surface area contributed by atoms with Crippen molar-refractivity contribution in [3.63, 3.8) is 0 Å². The lowest BCUT2D eigenvalue weighted by Gasteiger charge is -2.21. The molecule has 2 aliphatic carbocycles. The van der Waals surface area contributed by atoms with Crippen LogP contribution in [0.1, 0.15) is 43.7 Å². The van der Waals surface area contributed by atoms with E-state index in [0.717, 1.165) is 22.3 Å². The van der Waals surface area contributed by atoms with Crippen LogP contribution in [0.2, 0.25) is 0 Å². The van der Waals surface area contributed by atoms with E-state index in [0.29, 0.717) is 19.4 Å². The number of hydrogen-bond acceptors (Lipinski definition) is 4. The molecule has 0 heterocycles. The number of fused-ring (bicyclic) bond motifs is 3. The molecule has 0 radical (unpaired) electrons. The number of aliphatic carboxylic acids is 1. The first kappa shape index (κ1) is 22.8. The first-order valence-corrected chi connectivity index (χ1v) is 11.5. The molecule has 1 saturated carbocycles. The Kier molecular flexibility index (Phi) is 6.67. The van der Waals surface area contributed by atoms with Gasteiger partial charge in [-0.2, -0.15) is 0 Å². The molecule has 4 rings (SSSR count). The largest absolute Gasteiger partial charge is 0.481 e. The number of carboxylic acids is 1. The molecule has 2 aromatic carbocycles. The van der Waals surface area contributed by atoms with E-state index >= 15 is 0 Å². The number of carbonyl (C=O) groups excluding carboxylic acids is 2. The van der Waals surface area contributed by atoms with Crippen molar-refractivity contribution in [1.82, 2.24) is 10.6 Å². The predicted molar refractivity (Wildman–Crippen MR) is 124 cm³/mol. The molecule has 33 heavy (non-hydrogen) atoms. The summed E-state index contributed by atoms with van der Waals surface area (Å²) in [7, 11) is 0. The molecule has 174 valence electrons. The van der Waals surface area contributed by atoms with Crippen LogP contribution in [0.25, 0.3) is 11.1 Å². The van der Waals surface area contributed by atoms with Crippen LogP contribution >= 0.6 is 0 Å². The number of amides is 2. The molecule has 0 aromatic heterocycles. The van der Waals surface area contributed by atoms with Gasteiger partial charge in [-0.15, -0.1) is 0 Å². The Morgan fingerprint density at radius 2 is 1.64 bits per heavy atom. The highest BCUT2D eigenvalue weighted by atomic mass is 16.5. The molecule has 0 saturated heterocycles. The average Bonchev–Trinajstić information content (AvgIpc) is 3.51. The lowest BCUT2D eigenvalue weighted by Crippen LogP contribution is -2.48. The molecule has 2 aliphatic rings. The van der Waals surface area contributed by atoms with E-state index in [1.807, 2.05) is 38.1 Å². The quantitative estimate of drug-likeness (QED) is 0.539. The molecular formula is C26H30N2O5. The molecule has 7 heteroatoms. The highest BCUT2D eigenvalue weighted by molar-refractivity contribution is 5.86. The lowest BCUT2D eigenvalue weighted by molar-refractivity contribution is -0.139. The lowest BCUT2D eigenvalue weighted by atomic mass is 9.98. The van der Waals surface area contributed by atoms with Gasteiger partial charge in [-0.1, -0.05) is 62.4 Å². The van der Waals surface area contributed by atoms with E-state index in [-0.39, 0.29) is 36.2 Å². The summed E-state index contributed by atoms with van der Waals surface area (Å²) in [5, 5.41) is 14.5. The monoisotopic (exact) mass is 450 g/mol. The maximum Gasteiger partial charge on any atom is 0.407 e. The topological polar surface area (TPSA) is 105 Å². The summed E-state index contributed by atoms with van der Waals surface area (Å²) in [6, 6.07) is 15.5. The van der Waals surface area contributed by atoms with Crippen molar-refractivity contribution in [3.8, 4) is 11.1 Å². The van der Waals surface area contributed by atoms with Gasteiger partial charge in [-0.05, 0) is 46.9 Å². The van der Waals surface area contributed by atoms with E-state index < -0.39 is 18.1 Å². The number of nitrogens with one attached hydrogen (secondary N) is 2. The van der Waals surface area contributed by atoms with Gasteiger partial charge in [0.2, 0.25) is 5.91 Å². The summed E-state index contributed by atoms with van der Waals surface area (Å²) in [6.07, 6.45) is 0.403. The minimum atomic E-state index is -0.829. The van der Waals surface area contributed by atoms with Gasteiger partial charge in [0, 0.05) is 12.5 Å². The fraction of sp³-hybridized carbons (Fsp3) is 0.423. The second kappa shape index (κ2) is 9.65. The summed E-state index contributed by atoms with van der Waals surface area (Å²) >= 11 is 0. The number of hydrogen-bond donors (Lipinski definition) is 3. The third kappa shape index (κ3) is 5.18. The highest BCUT2D eigenvalue weighted by Gasteiger charge is 2.43. The maximum atomic E-state index is 12.7. The third-order valence-corrected chi connectivity index (χ3v) is 6.44. The Balaban J connectivity index is 1.35. The Morgan fingerprint density at radius 1 is 1.03 bits per heavy atom. The maximum absolute atomic E-state index is 12.7. The van der Waals surface area contributed by atoms with E-state index in [9.17, 15) is 14.4 Å². The molecule has 2 aromatic rings. The van der Waals surface area contributed by atoms with Gasteiger partial charge in [0.15, 0.2) is 0 Å². The second-order valence-corrected chi connectivity index (χ2v) is 9.34. The first-order valence-electron chi connectivity index (χ1n) is 11.5. The number of alkyl carbamates (subject to hydrolysis) is 1. The molecular weight excluding hydrogens is 420 g/mol. The van der Waals surface area contributed by atoms with E-state index in [1.165, 1.54) is 0 Å². The van der Waals surface area contributed by atoms with Gasteiger partial charge in [-0.3, -0.25) is 9.59 Å². The molecule has 1 unspecified atom stereocenters. The Morgan fingerprint density at radius 3 is 2.18 bits per heavy atom. The van der Waals surface area contributed by atoms with Crippen molar-refractivity contribution in [3.05, 3.63) is 59.7 Å². The van der Waals surface area contributed by atoms with Crippen LogP contribution in [0.3, 0.4) is 0 Å². The second-order valence-electron chi connectivity index (χ2n) is 9.34. The summed E-state index contributed by atoms with van der Waals surface area (Å²) in [5.74, 6) is -1.44. The Bertz CT molecular complexity index is 1000. The molecule has 0 bridgehead atoms. The molecule has 1 fully saturated rings. The van der Waals surface area contributed by atoms with Crippen molar-refractivity contribution in [2.24, 2.45) is 17.8 Å². The van der Waals surface area contributed by atoms with Crippen LogP contribution in [0.15, 0.2) is 48.5 Å². The van der Waals surface area contributed by atoms with Gasteiger partial charge in [0.1, 0.15) is 12.6 Å². The van der Waals surface area contributed by atoms with Gasteiger partial charge in [0.25, 0.3) is 0 Å². The molecule has 0 aliphatic heterocycles. The normalized spacial score (nSPS) is 19.4. The van der Waals surface area contributed by atoms with Crippen LogP contribution < -0.4 is 10.6 Å². The summed E-state index contributed by atoms with van der Waals surface area (Å²) < 4.78 is 5.58. The van der Waals surface area contributed by atoms with Crippen molar-refractivity contribution in [2.75, 3.05) is 13.2 Å². The van der Waals surface area contributed by atoms with Gasteiger partial charge in [-0.25, -0.2) is 4.79 Å². The standard InChI is InChI=1S/C26H30N2O5/c1-15(2)11-23(24(29)27-13-16-12-21(16)25(30)31)28-26(32)33-14-22-19-9-5-3-7-17(19)18-8-4-6-10-20(18)22/h3-10,15-16,21-23H,11-14H2,1-2H3,(H,27,29)(H,28,32)(H,30,31)/t16-,21-,23?/m0/s1. The van der Waals surface area contributed by atoms with Crippen molar-refractivity contribution in [2.45, 2.75) is 38.6 Å². The number of carboxylic acid groups (broad SMARTS) is 1. The molecule has 0 spiro atoms. The predicted octanol–water partition coefficient (Wildman–Crippen LogP) is 3.78. The molecule has 7 nitrogen and oxygen atoms in total. The van der Waals surface area contributed by atoms with Gasteiger partial charge in [0.05, 0.1) is 5.92 Å². The van der Waals surface area contributed by atoms with Crippen LogP contribution in [0.4, 0.5) is 4.79 Å². The third-order valence-electron chi connectivity index (χ3n) is 6.44. The van der Waals surface area contributed by atoms with Gasteiger partial charge < -0.3 is 20.5 Å². The zero-order valence-corrected chi connectivity index (χ0v) is 18.9. The van der Waals surface area contributed by atoms with Crippen molar-refractivity contribution < 1.29 is 24.2 Å². The zero-order chi connectivity index (χ0) is 23.5. The minimum Gasteiger partial charge on any atom is -0.481 e. The molecule has 2 amide bonds. The highest BCUT2D eigenvalue weighted by Crippen LogP contribution is 2.44. The number of carbonyl (C=O) groups is 3. The fourth-order valence-corrected chi connectivity index (χ4v) is 4.62. The summed E-state index contributed by atoms with van der Waals surface area (Å²) in [6.45, 7) is 4.43. The summed E-state index contributed by atoms with van der Waals surface area (Å²) in [4.78, 5) is 36.3. The number of ether oxygens (including phenoxy) is 1. The smallest absolute Gasteiger partial charge is 0.407 e.